The maximum atomic E-state index is 12.8. The van der Waals surface area contributed by atoms with Crippen molar-refractivity contribution in [2.75, 3.05) is 18.4 Å². The summed E-state index contributed by atoms with van der Waals surface area (Å²) in [5.41, 5.74) is 3.17. The van der Waals surface area contributed by atoms with Gasteiger partial charge >= 0.3 is 0 Å². The van der Waals surface area contributed by atoms with Gasteiger partial charge in [0, 0.05) is 41.8 Å². The first-order valence-electron chi connectivity index (χ1n) is 9.21. The molecular weight excluding hydrogens is 352 g/mol. The van der Waals surface area contributed by atoms with E-state index in [0.717, 1.165) is 27.5 Å². The Labute approximate surface area is 161 Å². The van der Waals surface area contributed by atoms with Gasteiger partial charge in [0.25, 0.3) is 5.91 Å². The van der Waals surface area contributed by atoms with Crippen LogP contribution in [0.5, 0.6) is 0 Å². The lowest BCUT2D eigenvalue weighted by molar-refractivity contribution is -0.123. The summed E-state index contributed by atoms with van der Waals surface area (Å²) in [6, 6.07) is 17.2. The Hall–Kier alpha value is -3.67. The molecule has 1 fully saturated rings. The first-order chi connectivity index (χ1) is 13.7. The summed E-state index contributed by atoms with van der Waals surface area (Å²) in [6.45, 7) is 0.848. The number of hydrogen-bond acceptors (Lipinski definition) is 3. The zero-order valence-corrected chi connectivity index (χ0v) is 15.1. The molecule has 2 aromatic heterocycles. The van der Waals surface area contributed by atoms with E-state index >= 15 is 0 Å². The van der Waals surface area contributed by atoms with E-state index < -0.39 is 0 Å². The van der Waals surface area contributed by atoms with Crippen LogP contribution in [0.1, 0.15) is 10.4 Å². The number of H-pyrrole nitrogens is 1. The number of carbonyl (C=O) groups is 2. The van der Waals surface area contributed by atoms with E-state index in [2.05, 4.69) is 15.3 Å². The van der Waals surface area contributed by atoms with Crippen molar-refractivity contribution in [1.29, 1.82) is 0 Å². The van der Waals surface area contributed by atoms with Crippen molar-refractivity contribution in [2.24, 2.45) is 5.92 Å². The van der Waals surface area contributed by atoms with Crippen LogP contribution in [0.25, 0.3) is 21.8 Å². The lowest BCUT2D eigenvalue weighted by Gasteiger charge is -2.38. The third kappa shape index (κ3) is 2.70. The van der Waals surface area contributed by atoms with Crippen LogP contribution in [0.4, 0.5) is 5.69 Å². The molecular formula is C22H18N4O2. The van der Waals surface area contributed by atoms with Gasteiger partial charge in [-0.05, 0) is 30.3 Å². The molecule has 1 aliphatic heterocycles. The highest BCUT2D eigenvalue weighted by atomic mass is 16.2. The van der Waals surface area contributed by atoms with Crippen LogP contribution in [-0.2, 0) is 4.79 Å². The maximum absolute atomic E-state index is 12.8. The molecule has 0 saturated carbocycles. The number of pyridine rings is 1. The first kappa shape index (κ1) is 16.5. The molecule has 0 aliphatic carbocycles. The zero-order valence-electron chi connectivity index (χ0n) is 15.1. The molecule has 1 aliphatic rings. The Bertz CT molecular complexity index is 1200. The normalized spacial score (nSPS) is 14.2. The Kier molecular flexibility index (Phi) is 3.83. The molecule has 5 rings (SSSR count). The third-order valence-corrected chi connectivity index (χ3v) is 5.26. The predicted molar refractivity (Wildman–Crippen MR) is 108 cm³/mol. The Morgan fingerprint density at radius 2 is 1.82 bits per heavy atom. The second-order valence-electron chi connectivity index (χ2n) is 7.02. The van der Waals surface area contributed by atoms with Gasteiger partial charge in [0.15, 0.2) is 0 Å². The number of aromatic amines is 1. The van der Waals surface area contributed by atoms with Gasteiger partial charge in [-0.15, -0.1) is 0 Å². The fourth-order valence-electron chi connectivity index (χ4n) is 3.68. The van der Waals surface area contributed by atoms with Gasteiger partial charge in [0.2, 0.25) is 5.91 Å². The van der Waals surface area contributed by atoms with Crippen molar-refractivity contribution in [1.82, 2.24) is 14.9 Å². The summed E-state index contributed by atoms with van der Waals surface area (Å²) in [5.74, 6) is -0.323. The highest BCUT2D eigenvalue weighted by molar-refractivity contribution is 6.08. The largest absolute Gasteiger partial charge is 0.360 e. The average molecular weight is 370 g/mol. The van der Waals surface area contributed by atoms with Crippen molar-refractivity contribution in [3.63, 3.8) is 0 Å². The number of rotatable bonds is 3. The molecule has 0 bridgehead atoms. The number of anilines is 1. The number of fused-ring (bicyclic) bond motifs is 2. The van der Waals surface area contributed by atoms with Crippen LogP contribution < -0.4 is 5.32 Å². The Balaban J connectivity index is 1.27. The fraction of sp³-hybridized carbons (Fsp3) is 0.136. The minimum atomic E-state index is -0.207. The summed E-state index contributed by atoms with van der Waals surface area (Å²) >= 11 is 0. The van der Waals surface area contributed by atoms with Crippen molar-refractivity contribution >= 4 is 39.3 Å². The lowest BCUT2D eigenvalue weighted by atomic mass is 9.97. The van der Waals surface area contributed by atoms with E-state index in [4.69, 9.17) is 0 Å². The standard InChI is InChI=1S/C22H18N4O2/c27-21(25-20-9-3-8-19-16(20)6-4-10-23-19)14-12-26(13-14)22(28)17-11-24-18-7-2-1-5-15(17)18/h1-11,14,24H,12-13H2,(H,25,27). The smallest absolute Gasteiger partial charge is 0.256 e. The van der Waals surface area contributed by atoms with Gasteiger partial charge in [0.05, 0.1) is 22.7 Å². The molecule has 0 unspecified atom stereocenters. The average Bonchev–Trinajstić information content (AvgIpc) is 3.11. The predicted octanol–water partition coefficient (Wildman–Crippen LogP) is 3.43. The number of benzene rings is 2. The first-order valence-corrected chi connectivity index (χ1v) is 9.21. The molecule has 0 spiro atoms. The van der Waals surface area contributed by atoms with Crippen LogP contribution in [0.15, 0.2) is 67.0 Å². The van der Waals surface area contributed by atoms with Gasteiger partial charge < -0.3 is 15.2 Å². The van der Waals surface area contributed by atoms with Gasteiger partial charge in [-0.25, -0.2) is 0 Å². The van der Waals surface area contributed by atoms with Crippen molar-refractivity contribution < 1.29 is 9.59 Å². The number of likely N-dealkylation sites (tertiary alicyclic amines) is 1. The fourth-order valence-corrected chi connectivity index (χ4v) is 3.68. The zero-order chi connectivity index (χ0) is 19.1. The van der Waals surface area contributed by atoms with Gasteiger partial charge in [-0.3, -0.25) is 14.6 Å². The Morgan fingerprint density at radius 3 is 2.71 bits per heavy atom. The molecule has 6 nitrogen and oxygen atoms in total. The van der Waals surface area contributed by atoms with Crippen LogP contribution in [0.3, 0.4) is 0 Å². The molecule has 2 amide bonds. The number of nitrogens with one attached hydrogen (secondary N) is 2. The number of aromatic nitrogens is 2. The van der Waals surface area contributed by atoms with E-state index in [1.807, 2.05) is 54.6 Å². The van der Waals surface area contributed by atoms with Crippen molar-refractivity contribution in [2.45, 2.75) is 0 Å². The maximum Gasteiger partial charge on any atom is 0.256 e. The van der Waals surface area contributed by atoms with Crippen molar-refractivity contribution in [3.05, 3.63) is 72.6 Å². The Morgan fingerprint density at radius 1 is 1.00 bits per heavy atom. The molecule has 138 valence electrons. The summed E-state index contributed by atoms with van der Waals surface area (Å²) < 4.78 is 0. The topological polar surface area (TPSA) is 78.1 Å². The van der Waals surface area contributed by atoms with E-state index in [-0.39, 0.29) is 17.7 Å². The number of carbonyl (C=O) groups excluding carboxylic acids is 2. The van der Waals surface area contributed by atoms with Crippen LogP contribution >= 0.6 is 0 Å². The second-order valence-corrected chi connectivity index (χ2v) is 7.02. The van der Waals surface area contributed by atoms with E-state index in [9.17, 15) is 9.59 Å². The summed E-state index contributed by atoms with van der Waals surface area (Å²) in [4.78, 5) is 34.5. The van der Waals surface area contributed by atoms with Crippen LogP contribution in [0.2, 0.25) is 0 Å². The molecule has 1 saturated heterocycles. The summed E-state index contributed by atoms with van der Waals surface area (Å²) in [7, 11) is 0. The van der Waals surface area contributed by atoms with Crippen LogP contribution in [-0.4, -0.2) is 39.8 Å². The van der Waals surface area contributed by atoms with Crippen LogP contribution in [0, 0.1) is 5.92 Å². The minimum absolute atomic E-state index is 0.0455. The molecule has 0 radical (unpaired) electrons. The number of hydrogen-bond donors (Lipinski definition) is 2. The highest BCUT2D eigenvalue weighted by Gasteiger charge is 2.36. The van der Waals surface area contributed by atoms with Gasteiger partial charge in [0.1, 0.15) is 0 Å². The molecule has 2 aromatic carbocycles. The number of nitrogens with zero attached hydrogens (tertiary/aromatic N) is 2. The SMILES string of the molecule is O=C(Nc1cccc2ncccc12)C1CN(C(=O)c2c[nH]c3ccccc23)C1. The van der Waals surface area contributed by atoms with E-state index in [1.54, 1.807) is 17.3 Å². The van der Waals surface area contributed by atoms with E-state index in [1.165, 1.54) is 0 Å². The van der Waals surface area contributed by atoms with Gasteiger partial charge in [-0.2, -0.15) is 0 Å². The van der Waals surface area contributed by atoms with Gasteiger partial charge in [-0.1, -0.05) is 24.3 Å². The third-order valence-electron chi connectivity index (χ3n) is 5.26. The molecule has 3 heterocycles. The molecule has 28 heavy (non-hydrogen) atoms. The summed E-state index contributed by atoms with van der Waals surface area (Å²) in [6.07, 6.45) is 3.47. The monoisotopic (exact) mass is 370 g/mol. The van der Waals surface area contributed by atoms with Crippen molar-refractivity contribution in [3.8, 4) is 0 Å². The second kappa shape index (κ2) is 6.49. The molecule has 4 aromatic rings. The van der Waals surface area contributed by atoms with E-state index in [0.29, 0.717) is 18.7 Å². The molecule has 6 heteroatoms. The minimum Gasteiger partial charge on any atom is -0.360 e. The molecule has 2 N–H and O–H groups in total. The lowest BCUT2D eigenvalue weighted by Crippen LogP contribution is -2.54. The number of amides is 2. The summed E-state index contributed by atoms with van der Waals surface area (Å²) in [5, 5.41) is 4.80. The highest BCUT2D eigenvalue weighted by Crippen LogP contribution is 2.26. The number of para-hydroxylation sites is 1. The quantitative estimate of drug-likeness (QED) is 0.580. The molecule has 0 atom stereocenters.